The molecule has 3 N–H and O–H groups in total. The summed E-state index contributed by atoms with van der Waals surface area (Å²) in [7, 11) is 0.782. The van der Waals surface area contributed by atoms with Crippen molar-refractivity contribution in [3.05, 3.63) is 0 Å². The monoisotopic (exact) mass is 280 g/mol. The van der Waals surface area contributed by atoms with Gasteiger partial charge in [-0.1, -0.05) is 0 Å². The Balaban J connectivity index is -0.000000282. The number of carboxylic acids is 3. The average Bonchev–Trinajstić information content (AvgIpc) is 2.04. The van der Waals surface area contributed by atoms with Crippen molar-refractivity contribution < 1.29 is 39.2 Å². The summed E-state index contributed by atoms with van der Waals surface area (Å²) in [4.78, 5) is 31.0. The van der Waals surface area contributed by atoms with Crippen molar-refractivity contribution in [2.24, 2.45) is 0 Å². The maximum absolute atomic E-state index is 10.5. The maximum atomic E-state index is 10.5. The first-order chi connectivity index (χ1) is 6.36. The second kappa shape index (κ2) is 12.4. The first-order valence-electron chi connectivity index (χ1n) is 3.24. The molecule has 0 aromatic rings. The van der Waals surface area contributed by atoms with E-state index in [2.05, 4.69) is 9.47 Å². The van der Waals surface area contributed by atoms with E-state index < -0.39 is 30.3 Å². The molecule has 8 nitrogen and oxygen atoms in total. The number of methoxy groups -OCH3 is 1. The van der Waals surface area contributed by atoms with E-state index in [1.165, 1.54) is 0 Å². The van der Waals surface area contributed by atoms with Crippen molar-refractivity contribution in [2.45, 2.75) is 5.79 Å². The molecule has 0 saturated carbocycles. The van der Waals surface area contributed by atoms with Gasteiger partial charge in [-0.2, -0.15) is 0 Å². The van der Waals surface area contributed by atoms with Crippen LogP contribution in [-0.4, -0.2) is 141 Å². The fourth-order valence-corrected chi connectivity index (χ4v) is 0.612. The van der Waals surface area contributed by atoms with Gasteiger partial charge in [0.05, 0.1) is 0 Å². The number of carboxylic acid groups (broad SMARTS) is 3. The summed E-state index contributed by atoms with van der Waals surface area (Å²) in [6.45, 7) is -1.09. The molecular formula is C6H11Na3O8. The van der Waals surface area contributed by atoms with Crippen LogP contribution in [0.4, 0.5) is 0 Å². The van der Waals surface area contributed by atoms with Gasteiger partial charge in [-0.25, -0.2) is 14.4 Å². The van der Waals surface area contributed by atoms with Crippen LogP contribution in [0.5, 0.6) is 0 Å². The minimum absolute atomic E-state index is 0. The van der Waals surface area contributed by atoms with Crippen molar-refractivity contribution in [3.63, 3.8) is 0 Å². The zero-order valence-electron chi connectivity index (χ0n) is 7.09. The summed E-state index contributed by atoms with van der Waals surface area (Å²) in [6.07, 6.45) is 0. The Labute approximate surface area is 163 Å². The molecule has 0 bridgehead atoms. The third kappa shape index (κ3) is 8.17. The third-order valence-electron chi connectivity index (χ3n) is 1.25. The van der Waals surface area contributed by atoms with Gasteiger partial charge in [0.2, 0.25) is 0 Å². The van der Waals surface area contributed by atoms with Crippen LogP contribution in [0.2, 0.25) is 0 Å². The molecule has 11 heteroatoms. The van der Waals surface area contributed by atoms with Crippen molar-refractivity contribution in [3.8, 4) is 0 Å². The van der Waals surface area contributed by atoms with E-state index in [0.717, 1.165) is 7.11 Å². The molecule has 0 rings (SSSR count). The predicted molar refractivity (Wildman–Crippen MR) is 60.0 cm³/mol. The van der Waals surface area contributed by atoms with Crippen LogP contribution >= 0.6 is 0 Å². The normalized spacial score (nSPS) is 9.00. The second-order valence-corrected chi connectivity index (χ2v) is 2.11. The van der Waals surface area contributed by atoms with Gasteiger partial charge < -0.3 is 24.8 Å². The average molecular weight is 280 g/mol. The summed E-state index contributed by atoms with van der Waals surface area (Å²) < 4.78 is 8.27. The van der Waals surface area contributed by atoms with Gasteiger partial charge in [0.1, 0.15) is 6.61 Å². The van der Waals surface area contributed by atoms with Crippen LogP contribution in [0.15, 0.2) is 0 Å². The molecule has 0 amide bonds. The van der Waals surface area contributed by atoms with E-state index in [-0.39, 0.29) is 88.7 Å². The molecule has 17 heavy (non-hydrogen) atoms. The summed E-state index contributed by atoms with van der Waals surface area (Å²) in [6, 6.07) is 0. The van der Waals surface area contributed by atoms with Gasteiger partial charge in [-0.05, 0) is 0 Å². The van der Waals surface area contributed by atoms with E-state index in [9.17, 15) is 14.4 Å². The summed E-state index contributed by atoms with van der Waals surface area (Å²) in [5.41, 5.74) is 0. The number of hydrogen-bond acceptors (Lipinski definition) is 5. The molecule has 86 valence electrons. The fourth-order valence-electron chi connectivity index (χ4n) is 0.612. The Morgan fingerprint density at radius 1 is 1.00 bits per heavy atom. The van der Waals surface area contributed by atoms with E-state index >= 15 is 0 Å². The molecule has 0 fully saturated rings. The molecular weight excluding hydrogens is 269 g/mol. The molecule has 0 aliphatic heterocycles. The zero-order valence-corrected chi connectivity index (χ0v) is 7.09. The van der Waals surface area contributed by atoms with Crippen molar-refractivity contribution in [1.82, 2.24) is 0 Å². The van der Waals surface area contributed by atoms with Crippen molar-refractivity contribution >= 4 is 107 Å². The molecule has 0 heterocycles. The summed E-state index contributed by atoms with van der Waals surface area (Å²) in [5.74, 6) is -8.35. The molecule has 0 atom stereocenters. The Morgan fingerprint density at radius 2 is 1.35 bits per heavy atom. The standard InChI is InChI=1S/C6H8O8.3Na.3H/c1-13-6(4(9)10,5(11)12)14-2-3(7)8;;;;;;/h2H2,1H3,(H,7,8)(H,9,10)(H,11,12);;;;;;. The first-order valence-corrected chi connectivity index (χ1v) is 3.24. The predicted octanol–water partition coefficient (Wildman–Crippen LogP) is -3.35. The Hall–Kier alpha value is 1.33. The van der Waals surface area contributed by atoms with Gasteiger partial charge in [0, 0.05) is 7.11 Å². The van der Waals surface area contributed by atoms with E-state index in [0.29, 0.717) is 0 Å². The van der Waals surface area contributed by atoms with Gasteiger partial charge in [-0.3, -0.25) is 0 Å². The number of ether oxygens (including phenoxy) is 2. The molecule has 0 saturated heterocycles. The third-order valence-corrected chi connectivity index (χ3v) is 1.25. The molecule has 0 aliphatic rings. The van der Waals surface area contributed by atoms with Crippen LogP contribution in [0.25, 0.3) is 0 Å². The minimum atomic E-state index is -2.97. The molecule has 0 aromatic carbocycles. The first kappa shape index (κ1) is 26.8. The zero-order chi connectivity index (χ0) is 11.4. The number of carbonyl (C=O) groups is 3. The Kier molecular flexibility index (Phi) is 19.5. The van der Waals surface area contributed by atoms with Crippen LogP contribution in [-0.2, 0) is 23.9 Å². The van der Waals surface area contributed by atoms with Crippen LogP contribution in [0.1, 0.15) is 0 Å². The molecule has 0 radical (unpaired) electrons. The second-order valence-electron chi connectivity index (χ2n) is 2.11. The van der Waals surface area contributed by atoms with Gasteiger partial charge in [0.25, 0.3) is 0 Å². The van der Waals surface area contributed by atoms with Gasteiger partial charge in [0.15, 0.2) is 0 Å². The molecule has 0 unspecified atom stereocenters. The number of aliphatic carboxylic acids is 3. The number of hydrogen-bond donors (Lipinski definition) is 3. The fraction of sp³-hybridized carbons (Fsp3) is 0.500. The van der Waals surface area contributed by atoms with Gasteiger partial charge >= 0.3 is 112 Å². The van der Waals surface area contributed by atoms with E-state index in [4.69, 9.17) is 15.3 Å². The Bertz CT molecular complexity index is 254. The van der Waals surface area contributed by atoms with E-state index in [1.807, 2.05) is 0 Å². The summed E-state index contributed by atoms with van der Waals surface area (Å²) >= 11 is 0. The molecule has 0 aromatic heterocycles. The number of rotatable bonds is 6. The topological polar surface area (TPSA) is 130 Å². The SMILES string of the molecule is COC(OCC(=O)O)(C(=O)O)C(=O)O.[NaH].[NaH].[NaH]. The van der Waals surface area contributed by atoms with E-state index in [1.54, 1.807) is 0 Å². The van der Waals surface area contributed by atoms with Crippen LogP contribution in [0, 0.1) is 0 Å². The van der Waals surface area contributed by atoms with Crippen molar-refractivity contribution in [2.75, 3.05) is 13.7 Å². The summed E-state index contributed by atoms with van der Waals surface area (Å²) in [5, 5.41) is 25.1. The van der Waals surface area contributed by atoms with Gasteiger partial charge in [-0.15, -0.1) is 0 Å². The van der Waals surface area contributed by atoms with Crippen LogP contribution in [0.3, 0.4) is 0 Å². The molecule has 0 spiro atoms. The van der Waals surface area contributed by atoms with Crippen LogP contribution < -0.4 is 0 Å². The quantitative estimate of drug-likeness (QED) is 0.261. The molecule has 0 aliphatic carbocycles. The Morgan fingerprint density at radius 3 is 1.53 bits per heavy atom. The van der Waals surface area contributed by atoms with Crippen molar-refractivity contribution in [1.29, 1.82) is 0 Å².